The zero-order chi connectivity index (χ0) is 20.2. The maximum atomic E-state index is 13.2. The van der Waals surface area contributed by atoms with Crippen LogP contribution in [0.2, 0.25) is 0 Å². The van der Waals surface area contributed by atoms with Gasteiger partial charge in [0.2, 0.25) is 11.8 Å². The lowest BCUT2D eigenvalue weighted by Crippen LogP contribution is -2.45. The summed E-state index contributed by atoms with van der Waals surface area (Å²) in [6.45, 7) is 0. The van der Waals surface area contributed by atoms with Crippen molar-refractivity contribution in [3.63, 3.8) is 0 Å². The predicted molar refractivity (Wildman–Crippen MR) is 115 cm³/mol. The number of amides is 2. The van der Waals surface area contributed by atoms with Crippen LogP contribution in [0.5, 0.6) is 0 Å². The summed E-state index contributed by atoms with van der Waals surface area (Å²) in [7, 11) is 0. The fourth-order valence-electron chi connectivity index (χ4n) is 3.84. The molecule has 0 heterocycles. The monoisotopic (exact) mass is 382 g/mol. The van der Waals surface area contributed by atoms with Gasteiger partial charge in [-0.05, 0) is 34.2 Å². The van der Waals surface area contributed by atoms with Gasteiger partial charge in [-0.15, -0.1) is 0 Å². The van der Waals surface area contributed by atoms with Gasteiger partial charge < -0.3 is 11.1 Å². The lowest BCUT2D eigenvalue weighted by molar-refractivity contribution is -0.127. The van der Waals surface area contributed by atoms with Crippen molar-refractivity contribution in [2.75, 3.05) is 0 Å². The first-order valence-corrected chi connectivity index (χ1v) is 9.64. The number of rotatable bonds is 6. The van der Waals surface area contributed by atoms with Gasteiger partial charge in [0.1, 0.15) is 6.04 Å². The molecule has 29 heavy (non-hydrogen) atoms. The number of benzene rings is 3. The second kappa shape index (κ2) is 8.15. The first-order chi connectivity index (χ1) is 14.1. The fourth-order valence-corrected chi connectivity index (χ4v) is 3.84. The molecule has 0 fully saturated rings. The van der Waals surface area contributed by atoms with E-state index in [0.717, 1.165) is 27.8 Å². The Morgan fingerprint density at radius 3 is 2.00 bits per heavy atom. The van der Waals surface area contributed by atoms with E-state index in [1.165, 1.54) is 0 Å². The molecule has 0 bridgehead atoms. The summed E-state index contributed by atoms with van der Waals surface area (Å²) >= 11 is 0. The topological polar surface area (TPSA) is 72.2 Å². The summed E-state index contributed by atoms with van der Waals surface area (Å²) in [5, 5.41) is 2.86. The minimum Gasteiger partial charge on any atom is -0.368 e. The molecule has 4 nitrogen and oxygen atoms in total. The van der Waals surface area contributed by atoms with Crippen molar-refractivity contribution in [3.8, 4) is 11.1 Å². The Balaban J connectivity index is 1.54. The number of nitrogens with one attached hydrogen (secondary N) is 1. The molecule has 3 aromatic carbocycles. The fraction of sp³-hybridized carbons (Fsp3) is 0.120. The maximum Gasteiger partial charge on any atom is 0.240 e. The number of primary amides is 1. The lowest BCUT2D eigenvalue weighted by Gasteiger charge is -2.18. The van der Waals surface area contributed by atoms with Gasteiger partial charge in [0.25, 0.3) is 0 Å². The molecule has 0 spiro atoms. The Morgan fingerprint density at radius 2 is 1.41 bits per heavy atom. The molecule has 1 aliphatic rings. The molecular formula is C25H22N2O2. The van der Waals surface area contributed by atoms with E-state index in [4.69, 9.17) is 5.73 Å². The largest absolute Gasteiger partial charge is 0.368 e. The molecule has 0 saturated carbocycles. The van der Waals surface area contributed by atoms with E-state index in [1.807, 2.05) is 91.0 Å². The average Bonchev–Trinajstić information content (AvgIpc) is 3.08. The van der Waals surface area contributed by atoms with Crippen LogP contribution in [0.25, 0.3) is 17.2 Å². The Hall–Kier alpha value is -3.66. The molecule has 0 aliphatic heterocycles. The van der Waals surface area contributed by atoms with Crippen molar-refractivity contribution >= 4 is 17.9 Å². The normalized spacial score (nSPS) is 13.7. The quantitative estimate of drug-likeness (QED) is 0.679. The zero-order valence-electron chi connectivity index (χ0n) is 15.9. The lowest BCUT2D eigenvalue weighted by atomic mass is 9.95. The maximum absolute atomic E-state index is 13.2. The van der Waals surface area contributed by atoms with E-state index in [2.05, 4.69) is 5.32 Å². The van der Waals surface area contributed by atoms with Gasteiger partial charge in [0.05, 0.1) is 5.92 Å². The van der Waals surface area contributed by atoms with Gasteiger partial charge in [-0.2, -0.15) is 0 Å². The van der Waals surface area contributed by atoms with Gasteiger partial charge in [0.15, 0.2) is 0 Å². The molecule has 3 aromatic rings. The van der Waals surface area contributed by atoms with Crippen LogP contribution in [0.3, 0.4) is 0 Å². The molecule has 1 aliphatic carbocycles. The van der Waals surface area contributed by atoms with Gasteiger partial charge in [-0.25, -0.2) is 0 Å². The van der Waals surface area contributed by atoms with Crippen molar-refractivity contribution in [2.45, 2.75) is 18.4 Å². The second-order valence-electron chi connectivity index (χ2n) is 7.12. The highest BCUT2D eigenvalue weighted by Crippen LogP contribution is 2.44. The van der Waals surface area contributed by atoms with Crippen LogP contribution in [-0.2, 0) is 9.59 Å². The Kier molecular flexibility index (Phi) is 5.25. The number of hydrogen-bond donors (Lipinski definition) is 2. The molecule has 0 radical (unpaired) electrons. The summed E-state index contributed by atoms with van der Waals surface area (Å²) in [6.07, 6.45) is 4.12. The molecular weight excluding hydrogens is 360 g/mol. The summed E-state index contributed by atoms with van der Waals surface area (Å²) in [6, 6.07) is 24.8. The molecule has 144 valence electrons. The standard InChI is InChI=1S/C25H22N2O2/c26-24(28)22(16-8-11-17-9-2-1-3-10-17)27-25(29)23-20-14-6-4-12-18(20)19-13-5-7-15-21(19)23/h1-15,22-23H,16H2,(H2,26,28)(H,27,29)/b11-8+/t22-/m0/s1. The average molecular weight is 382 g/mol. The van der Waals surface area contributed by atoms with Crippen molar-refractivity contribution < 1.29 is 9.59 Å². The molecule has 0 saturated heterocycles. The first kappa shape index (κ1) is 18.7. The van der Waals surface area contributed by atoms with Gasteiger partial charge in [-0.1, -0.05) is 91.0 Å². The van der Waals surface area contributed by atoms with Crippen LogP contribution in [0.15, 0.2) is 84.9 Å². The minimum atomic E-state index is -0.762. The zero-order valence-corrected chi connectivity index (χ0v) is 15.9. The molecule has 0 unspecified atom stereocenters. The Morgan fingerprint density at radius 1 is 0.862 bits per heavy atom. The minimum absolute atomic E-state index is 0.209. The number of carbonyl (C=O) groups is 2. The summed E-state index contributed by atoms with van der Waals surface area (Å²) < 4.78 is 0. The van der Waals surface area contributed by atoms with Crippen LogP contribution in [0.4, 0.5) is 0 Å². The van der Waals surface area contributed by atoms with Crippen LogP contribution in [0, 0.1) is 0 Å². The molecule has 1 atom stereocenters. The highest BCUT2D eigenvalue weighted by atomic mass is 16.2. The second-order valence-corrected chi connectivity index (χ2v) is 7.12. The van der Waals surface area contributed by atoms with E-state index in [-0.39, 0.29) is 5.91 Å². The van der Waals surface area contributed by atoms with Crippen molar-refractivity contribution in [1.82, 2.24) is 5.32 Å². The number of hydrogen-bond acceptors (Lipinski definition) is 2. The number of nitrogens with two attached hydrogens (primary N) is 1. The Bertz CT molecular complexity index is 1030. The summed E-state index contributed by atoms with van der Waals surface area (Å²) in [5.74, 6) is -1.20. The summed E-state index contributed by atoms with van der Waals surface area (Å²) in [5.41, 5.74) is 10.6. The third-order valence-corrected chi connectivity index (χ3v) is 5.24. The van der Waals surface area contributed by atoms with Crippen molar-refractivity contribution in [2.24, 2.45) is 5.73 Å². The predicted octanol–water partition coefficient (Wildman–Crippen LogP) is 3.87. The Labute approximate surface area is 170 Å². The number of carbonyl (C=O) groups excluding carboxylic acids is 2. The smallest absolute Gasteiger partial charge is 0.240 e. The van der Waals surface area contributed by atoms with Gasteiger partial charge in [0, 0.05) is 0 Å². The van der Waals surface area contributed by atoms with E-state index in [9.17, 15) is 9.59 Å². The molecule has 2 amide bonds. The van der Waals surface area contributed by atoms with E-state index < -0.39 is 17.9 Å². The van der Waals surface area contributed by atoms with Crippen LogP contribution < -0.4 is 11.1 Å². The van der Waals surface area contributed by atoms with Crippen molar-refractivity contribution in [3.05, 3.63) is 102 Å². The van der Waals surface area contributed by atoms with E-state index >= 15 is 0 Å². The third kappa shape index (κ3) is 3.83. The first-order valence-electron chi connectivity index (χ1n) is 9.64. The van der Waals surface area contributed by atoms with E-state index in [0.29, 0.717) is 6.42 Å². The summed E-state index contributed by atoms with van der Waals surface area (Å²) in [4.78, 5) is 25.1. The third-order valence-electron chi connectivity index (χ3n) is 5.24. The SMILES string of the molecule is NC(=O)[C@H](C/C=C/c1ccccc1)NC(=O)C1c2ccccc2-c2ccccc21. The molecule has 3 N–H and O–H groups in total. The molecule has 4 heteroatoms. The molecule has 4 rings (SSSR count). The van der Waals surface area contributed by atoms with Crippen LogP contribution in [0.1, 0.15) is 29.0 Å². The van der Waals surface area contributed by atoms with Gasteiger partial charge >= 0.3 is 0 Å². The van der Waals surface area contributed by atoms with Crippen LogP contribution >= 0.6 is 0 Å². The highest BCUT2D eigenvalue weighted by Gasteiger charge is 2.34. The van der Waals surface area contributed by atoms with E-state index in [1.54, 1.807) is 0 Å². The molecule has 0 aromatic heterocycles. The number of fused-ring (bicyclic) bond motifs is 3. The highest BCUT2D eigenvalue weighted by molar-refractivity contribution is 5.98. The van der Waals surface area contributed by atoms with Crippen LogP contribution in [-0.4, -0.2) is 17.9 Å². The van der Waals surface area contributed by atoms with Crippen molar-refractivity contribution in [1.29, 1.82) is 0 Å². The van der Waals surface area contributed by atoms with Gasteiger partial charge in [-0.3, -0.25) is 9.59 Å².